The van der Waals surface area contributed by atoms with E-state index < -0.39 is 5.91 Å². The number of aromatic nitrogens is 1. The smallest absolute Gasteiger partial charge is 0.252 e. The Labute approximate surface area is 64.8 Å². The van der Waals surface area contributed by atoms with Gasteiger partial charge in [0, 0.05) is 12.7 Å². The maximum absolute atomic E-state index is 10.7. The highest BCUT2D eigenvalue weighted by Gasteiger charge is 2.08. The summed E-state index contributed by atoms with van der Waals surface area (Å²) < 4.78 is 1.76. The van der Waals surface area contributed by atoms with E-state index in [1.165, 1.54) is 0 Å². The van der Waals surface area contributed by atoms with E-state index in [2.05, 4.69) is 0 Å². The second-order valence-corrected chi connectivity index (χ2v) is 2.26. The Morgan fingerprint density at radius 1 is 1.73 bits per heavy atom. The van der Waals surface area contributed by atoms with Gasteiger partial charge in [0.05, 0.1) is 5.56 Å². The monoisotopic (exact) mass is 153 g/mol. The normalized spacial score (nSPS) is 9.91. The van der Waals surface area contributed by atoms with E-state index in [-0.39, 0.29) is 0 Å². The number of aryl methyl sites for hydroxylation is 1. The fourth-order valence-electron chi connectivity index (χ4n) is 0.969. The molecule has 0 atom stereocenters. The van der Waals surface area contributed by atoms with Crippen LogP contribution in [0.2, 0.25) is 0 Å². The summed E-state index contributed by atoms with van der Waals surface area (Å²) in [6, 6.07) is 1.63. The minimum Gasteiger partial charge on any atom is -0.384 e. The number of hydrogen-bond acceptors (Lipinski definition) is 2. The molecule has 0 aliphatic carbocycles. The van der Waals surface area contributed by atoms with Gasteiger partial charge in [0.1, 0.15) is 5.82 Å². The quantitative estimate of drug-likeness (QED) is 0.636. The van der Waals surface area contributed by atoms with Crippen LogP contribution in [0.15, 0.2) is 12.3 Å². The third kappa shape index (κ3) is 1.19. The van der Waals surface area contributed by atoms with Crippen LogP contribution >= 0.6 is 0 Å². The zero-order valence-electron chi connectivity index (χ0n) is 6.37. The number of amides is 1. The van der Waals surface area contributed by atoms with Gasteiger partial charge in [0.2, 0.25) is 0 Å². The van der Waals surface area contributed by atoms with Crippen LogP contribution in [0, 0.1) is 0 Å². The number of anilines is 1. The van der Waals surface area contributed by atoms with E-state index in [0.29, 0.717) is 11.4 Å². The van der Waals surface area contributed by atoms with Crippen LogP contribution in [0.5, 0.6) is 0 Å². The summed E-state index contributed by atoms with van der Waals surface area (Å²) in [7, 11) is 0. The molecule has 0 aromatic carbocycles. The Balaban J connectivity index is 3.10. The van der Waals surface area contributed by atoms with Gasteiger partial charge in [-0.15, -0.1) is 0 Å². The molecule has 0 fully saturated rings. The van der Waals surface area contributed by atoms with Crippen molar-refractivity contribution in [2.24, 2.45) is 5.73 Å². The fraction of sp³-hybridized carbons (Fsp3) is 0.286. The molecule has 1 aromatic rings. The molecular formula is C7H11N3O. The molecule has 4 nitrogen and oxygen atoms in total. The molecule has 60 valence electrons. The number of rotatable bonds is 2. The van der Waals surface area contributed by atoms with Gasteiger partial charge in [0.25, 0.3) is 5.91 Å². The molecule has 1 rings (SSSR count). The zero-order valence-corrected chi connectivity index (χ0v) is 6.37. The standard InChI is InChI=1S/C7H11N3O/c1-2-10-4-3-5(6(10)8)7(9)11/h3-4H,2,8H2,1H3,(H2,9,11). The third-order valence-electron chi connectivity index (χ3n) is 1.61. The number of carbonyl (C=O) groups is 1. The molecule has 1 aromatic heterocycles. The van der Waals surface area contributed by atoms with Crippen LogP contribution in [-0.2, 0) is 6.54 Å². The number of primary amides is 1. The van der Waals surface area contributed by atoms with Crippen LogP contribution in [0.3, 0.4) is 0 Å². The molecule has 0 bridgehead atoms. The summed E-state index contributed by atoms with van der Waals surface area (Å²) in [5, 5.41) is 0. The molecule has 0 saturated carbocycles. The molecule has 11 heavy (non-hydrogen) atoms. The molecule has 0 aliphatic heterocycles. The molecule has 0 radical (unpaired) electrons. The lowest BCUT2D eigenvalue weighted by atomic mass is 10.3. The van der Waals surface area contributed by atoms with Crippen molar-refractivity contribution < 1.29 is 4.79 Å². The molecule has 0 spiro atoms. The summed E-state index contributed by atoms with van der Waals surface area (Å²) in [6.07, 6.45) is 1.75. The second kappa shape index (κ2) is 2.65. The van der Waals surface area contributed by atoms with Crippen LogP contribution in [-0.4, -0.2) is 10.5 Å². The highest BCUT2D eigenvalue weighted by molar-refractivity contribution is 5.97. The Bertz CT molecular complexity index is 277. The Morgan fingerprint density at radius 3 is 2.64 bits per heavy atom. The molecule has 4 heteroatoms. The van der Waals surface area contributed by atoms with Crippen molar-refractivity contribution >= 4 is 11.7 Å². The number of nitrogen functional groups attached to an aromatic ring is 1. The first-order chi connectivity index (χ1) is 5.16. The van der Waals surface area contributed by atoms with Gasteiger partial charge in [-0.2, -0.15) is 0 Å². The van der Waals surface area contributed by atoms with Gasteiger partial charge in [0.15, 0.2) is 0 Å². The summed E-state index contributed by atoms with van der Waals surface area (Å²) in [6.45, 7) is 2.69. The predicted octanol–water partition coefficient (Wildman–Crippen LogP) is 0.189. The molecule has 1 heterocycles. The maximum atomic E-state index is 10.7. The average molecular weight is 153 g/mol. The summed E-state index contributed by atoms with van der Waals surface area (Å²) >= 11 is 0. The van der Waals surface area contributed by atoms with E-state index >= 15 is 0 Å². The van der Waals surface area contributed by atoms with E-state index in [0.717, 1.165) is 6.54 Å². The lowest BCUT2D eigenvalue weighted by Crippen LogP contribution is -2.13. The molecular weight excluding hydrogens is 142 g/mol. The van der Waals surface area contributed by atoms with Gasteiger partial charge in [-0.25, -0.2) is 0 Å². The predicted molar refractivity (Wildman–Crippen MR) is 43.0 cm³/mol. The summed E-state index contributed by atoms with van der Waals surface area (Å²) in [5.41, 5.74) is 11.0. The lowest BCUT2D eigenvalue weighted by molar-refractivity contribution is 0.100. The Hall–Kier alpha value is -1.45. The minimum absolute atomic E-state index is 0.395. The molecule has 4 N–H and O–H groups in total. The van der Waals surface area contributed by atoms with Crippen molar-refractivity contribution in [2.45, 2.75) is 13.5 Å². The number of nitrogens with two attached hydrogens (primary N) is 2. The first-order valence-corrected chi connectivity index (χ1v) is 3.41. The number of hydrogen-bond donors (Lipinski definition) is 2. The summed E-state index contributed by atoms with van der Waals surface area (Å²) in [4.78, 5) is 10.7. The van der Waals surface area contributed by atoms with E-state index in [1.807, 2.05) is 6.92 Å². The van der Waals surface area contributed by atoms with Crippen molar-refractivity contribution in [1.82, 2.24) is 4.57 Å². The van der Waals surface area contributed by atoms with Gasteiger partial charge in [-0.3, -0.25) is 4.79 Å². The zero-order chi connectivity index (χ0) is 8.43. The summed E-state index contributed by atoms with van der Waals surface area (Å²) in [5.74, 6) is -0.0327. The van der Waals surface area contributed by atoms with Crippen molar-refractivity contribution in [3.8, 4) is 0 Å². The van der Waals surface area contributed by atoms with Crippen LogP contribution in [0.4, 0.5) is 5.82 Å². The number of nitrogens with zero attached hydrogens (tertiary/aromatic N) is 1. The van der Waals surface area contributed by atoms with E-state index in [4.69, 9.17) is 11.5 Å². The second-order valence-electron chi connectivity index (χ2n) is 2.26. The number of carbonyl (C=O) groups excluding carboxylic acids is 1. The van der Waals surface area contributed by atoms with Crippen LogP contribution in [0.1, 0.15) is 17.3 Å². The van der Waals surface area contributed by atoms with Gasteiger partial charge < -0.3 is 16.0 Å². The Morgan fingerprint density at radius 2 is 2.36 bits per heavy atom. The third-order valence-corrected chi connectivity index (χ3v) is 1.61. The van der Waals surface area contributed by atoms with Gasteiger partial charge in [-0.1, -0.05) is 0 Å². The Kier molecular flexibility index (Phi) is 1.85. The molecule has 0 unspecified atom stereocenters. The highest BCUT2D eigenvalue weighted by atomic mass is 16.1. The maximum Gasteiger partial charge on any atom is 0.252 e. The largest absolute Gasteiger partial charge is 0.384 e. The van der Waals surface area contributed by atoms with E-state index in [9.17, 15) is 4.79 Å². The van der Waals surface area contributed by atoms with Crippen molar-refractivity contribution in [3.63, 3.8) is 0 Å². The highest BCUT2D eigenvalue weighted by Crippen LogP contribution is 2.11. The van der Waals surface area contributed by atoms with Gasteiger partial charge >= 0.3 is 0 Å². The molecule has 0 aliphatic rings. The van der Waals surface area contributed by atoms with Crippen molar-refractivity contribution in [2.75, 3.05) is 5.73 Å². The molecule has 1 amide bonds. The van der Waals surface area contributed by atoms with E-state index in [1.54, 1.807) is 16.8 Å². The minimum atomic E-state index is -0.477. The van der Waals surface area contributed by atoms with Crippen LogP contribution < -0.4 is 11.5 Å². The fourth-order valence-corrected chi connectivity index (χ4v) is 0.969. The topological polar surface area (TPSA) is 74.0 Å². The van der Waals surface area contributed by atoms with Crippen molar-refractivity contribution in [3.05, 3.63) is 17.8 Å². The first kappa shape index (κ1) is 7.65. The van der Waals surface area contributed by atoms with Crippen molar-refractivity contribution in [1.29, 1.82) is 0 Å². The molecule has 0 saturated heterocycles. The lowest BCUT2D eigenvalue weighted by Gasteiger charge is -2.00. The SMILES string of the molecule is CCn1ccc(C(N)=O)c1N. The van der Waals surface area contributed by atoms with Gasteiger partial charge in [-0.05, 0) is 13.0 Å². The first-order valence-electron chi connectivity index (χ1n) is 3.41. The van der Waals surface area contributed by atoms with Crippen LogP contribution in [0.25, 0.3) is 0 Å². The average Bonchev–Trinajstić information content (AvgIpc) is 2.30.